The first kappa shape index (κ1) is 33.7. The van der Waals surface area contributed by atoms with E-state index >= 15 is 0 Å². The van der Waals surface area contributed by atoms with Crippen LogP contribution in [0, 0.1) is 18.6 Å². The van der Waals surface area contributed by atoms with Gasteiger partial charge in [0, 0.05) is 68.4 Å². The molecule has 2 aliphatic rings. The third-order valence-electron chi connectivity index (χ3n) is 8.98. The maximum absolute atomic E-state index is 14.9. The van der Waals surface area contributed by atoms with Gasteiger partial charge in [0.05, 0.1) is 25.0 Å². The van der Waals surface area contributed by atoms with Gasteiger partial charge in [-0.2, -0.15) is 4.39 Å². The first-order valence-electron chi connectivity index (χ1n) is 16.1. The largest absolute Gasteiger partial charge is 0.494 e. The van der Waals surface area contributed by atoms with Crippen LogP contribution in [0.2, 0.25) is 0 Å². The molecule has 13 nitrogen and oxygen atoms in total. The van der Waals surface area contributed by atoms with Gasteiger partial charge in [-0.25, -0.2) is 14.4 Å². The molecule has 0 aliphatic carbocycles. The Kier molecular flexibility index (Phi) is 9.74. The van der Waals surface area contributed by atoms with Gasteiger partial charge in [0.15, 0.2) is 23.0 Å². The summed E-state index contributed by atoms with van der Waals surface area (Å²) >= 11 is 0. The summed E-state index contributed by atoms with van der Waals surface area (Å²) in [6.07, 6.45) is 5.02. The van der Waals surface area contributed by atoms with Crippen molar-refractivity contribution in [2.24, 2.45) is 5.73 Å². The smallest absolute Gasteiger partial charge is 0.323 e. The van der Waals surface area contributed by atoms with E-state index in [0.29, 0.717) is 74.0 Å². The van der Waals surface area contributed by atoms with E-state index in [2.05, 4.69) is 20.6 Å². The molecule has 15 heteroatoms. The number of anilines is 2. The lowest BCUT2D eigenvalue weighted by molar-refractivity contribution is -0.150. The van der Waals surface area contributed by atoms with Gasteiger partial charge in [0.1, 0.15) is 12.1 Å². The predicted octanol–water partition coefficient (Wildman–Crippen LogP) is 3.03. The number of rotatable bonds is 9. The molecule has 2 fully saturated rings. The monoisotopic (exact) mass is 676 g/mol. The standard InChI is InChI=1S/C34H38F2N8O5/c1-4-24(37)34(47)49-21-16-25(39-17-21)33(46)43-13-11-42(12-14-43)32(45)22-6-5-20(15-19(22)2)41-30-31-40-18-26(44(31)10-9-38-30)23-7-8-27(48-3)29(36)28(23)35/h5-10,15,18,21,24-25,39H,4,11-14,16-17,37H2,1-3H3,(H,38,41)/t21-,24+,25+/m1/s1. The lowest BCUT2D eigenvalue weighted by atomic mass is 10.1. The van der Waals surface area contributed by atoms with Crippen molar-refractivity contribution in [1.29, 1.82) is 0 Å². The third kappa shape index (κ3) is 6.76. The first-order chi connectivity index (χ1) is 23.6. The normalized spacial score (nSPS) is 18.4. The minimum Gasteiger partial charge on any atom is -0.494 e. The van der Waals surface area contributed by atoms with E-state index in [1.165, 1.54) is 31.6 Å². The van der Waals surface area contributed by atoms with Gasteiger partial charge in [-0.05, 0) is 49.2 Å². The molecule has 4 aromatic rings. The number of piperazine rings is 1. The Balaban J connectivity index is 1.07. The van der Waals surface area contributed by atoms with Crippen molar-refractivity contribution in [2.75, 3.05) is 45.2 Å². The van der Waals surface area contributed by atoms with Crippen LogP contribution in [0.5, 0.6) is 5.75 Å². The highest BCUT2D eigenvalue weighted by molar-refractivity contribution is 5.96. The van der Waals surface area contributed by atoms with Crippen molar-refractivity contribution in [2.45, 2.75) is 44.9 Å². The van der Waals surface area contributed by atoms with Gasteiger partial charge in [0.2, 0.25) is 11.7 Å². The second kappa shape index (κ2) is 14.1. The number of amides is 2. The molecule has 258 valence electrons. The maximum atomic E-state index is 14.9. The molecule has 3 atom stereocenters. The number of nitrogens with two attached hydrogens (primary N) is 1. The Hall–Kier alpha value is -5.15. The van der Waals surface area contributed by atoms with Gasteiger partial charge < -0.3 is 35.6 Å². The molecule has 0 saturated carbocycles. The lowest BCUT2D eigenvalue weighted by Gasteiger charge is -2.36. The summed E-state index contributed by atoms with van der Waals surface area (Å²) in [6.45, 7) is 5.58. The maximum Gasteiger partial charge on any atom is 0.323 e. The summed E-state index contributed by atoms with van der Waals surface area (Å²) in [6, 6.07) is 6.97. The molecule has 4 N–H and O–H groups in total. The number of imidazole rings is 1. The number of aromatic nitrogens is 3. The van der Waals surface area contributed by atoms with Crippen LogP contribution in [-0.2, 0) is 14.3 Å². The number of esters is 1. The molecule has 0 unspecified atom stereocenters. The van der Waals surface area contributed by atoms with Crippen LogP contribution in [0.1, 0.15) is 35.7 Å². The van der Waals surface area contributed by atoms with Crippen LogP contribution in [0.25, 0.3) is 16.9 Å². The number of carbonyl (C=O) groups is 3. The highest BCUT2D eigenvalue weighted by Gasteiger charge is 2.36. The van der Waals surface area contributed by atoms with Crippen LogP contribution in [-0.4, -0.2) is 100.0 Å². The van der Waals surface area contributed by atoms with E-state index in [1.807, 2.05) is 19.9 Å². The topological polar surface area (TPSA) is 156 Å². The molecular weight excluding hydrogens is 638 g/mol. The molecule has 0 radical (unpaired) electrons. The number of halogens is 2. The second-order valence-electron chi connectivity index (χ2n) is 12.1. The zero-order valence-corrected chi connectivity index (χ0v) is 27.4. The van der Waals surface area contributed by atoms with Crippen molar-refractivity contribution < 1.29 is 32.6 Å². The molecule has 6 rings (SSSR count). The average molecular weight is 677 g/mol. The number of nitrogens with one attached hydrogen (secondary N) is 2. The summed E-state index contributed by atoms with van der Waals surface area (Å²) in [5.74, 6) is -2.62. The predicted molar refractivity (Wildman–Crippen MR) is 176 cm³/mol. The lowest BCUT2D eigenvalue weighted by Crippen LogP contribution is -2.54. The number of aryl methyl sites for hydroxylation is 1. The number of carbonyl (C=O) groups excluding carboxylic acids is 3. The molecule has 2 aromatic carbocycles. The summed E-state index contributed by atoms with van der Waals surface area (Å²) in [5.41, 5.74) is 8.42. The third-order valence-corrected chi connectivity index (χ3v) is 8.98. The van der Waals surface area contributed by atoms with Crippen molar-refractivity contribution >= 4 is 34.9 Å². The number of hydrogen-bond acceptors (Lipinski definition) is 10. The van der Waals surface area contributed by atoms with Gasteiger partial charge in [-0.3, -0.25) is 18.8 Å². The fourth-order valence-corrected chi connectivity index (χ4v) is 6.13. The number of nitrogens with zero attached hydrogens (tertiary/aromatic N) is 5. The molecule has 49 heavy (non-hydrogen) atoms. The second-order valence-corrected chi connectivity index (χ2v) is 12.1. The number of benzene rings is 2. The fourth-order valence-electron chi connectivity index (χ4n) is 6.13. The van der Waals surface area contributed by atoms with Crippen LogP contribution in [0.15, 0.2) is 48.9 Å². The molecule has 2 amide bonds. The molecule has 0 bridgehead atoms. The van der Waals surface area contributed by atoms with Crippen molar-refractivity contribution in [3.63, 3.8) is 0 Å². The van der Waals surface area contributed by atoms with Gasteiger partial charge in [-0.15, -0.1) is 0 Å². The highest BCUT2D eigenvalue weighted by Crippen LogP contribution is 2.32. The van der Waals surface area contributed by atoms with Crippen LogP contribution in [0.3, 0.4) is 0 Å². The Morgan fingerprint density at radius 2 is 1.84 bits per heavy atom. The number of hydrogen-bond donors (Lipinski definition) is 3. The van der Waals surface area contributed by atoms with E-state index in [4.69, 9.17) is 15.2 Å². The van der Waals surface area contributed by atoms with Gasteiger partial charge in [-0.1, -0.05) is 6.92 Å². The van der Waals surface area contributed by atoms with Crippen LogP contribution >= 0.6 is 0 Å². The van der Waals surface area contributed by atoms with E-state index < -0.39 is 35.8 Å². The van der Waals surface area contributed by atoms with E-state index in [9.17, 15) is 23.2 Å². The Bertz CT molecular complexity index is 1890. The van der Waals surface area contributed by atoms with Gasteiger partial charge in [0.25, 0.3) is 5.91 Å². The van der Waals surface area contributed by atoms with E-state index in [1.54, 1.807) is 32.5 Å². The molecule has 2 aromatic heterocycles. The summed E-state index contributed by atoms with van der Waals surface area (Å²) in [4.78, 5) is 50.9. The average Bonchev–Trinajstić information content (AvgIpc) is 3.76. The zero-order valence-electron chi connectivity index (χ0n) is 27.4. The molecule has 0 spiro atoms. The summed E-state index contributed by atoms with van der Waals surface area (Å²) < 4.78 is 41.2. The fraction of sp³-hybridized carbons (Fsp3) is 0.382. The Morgan fingerprint density at radius 3 is 2.55 bits per heavy atom. The molecule has 4 heterocycles. The number of fused-ring (bicyclic) bond motifs is 1. The highest BCUT2D eigenvalue weighted by atomic mass is 19.2. The molecule has 2 aliphatic heterocycles. The minimum atomic E-state index is -1.09. The van der Waals surface area contributed by atoms with Crippen LogP contribution in [0.4, 0.5) is 20.3 Å². The number of methoxy groups -OCH3 is 1. The Labute approximate surface area is 281 Å². The quantitative estimate of drug-likeness (QED) is 0.225. The Morgan fingerprint density at radius 1 is 1.08 bits per heavy atom. The van der Waals surface area contributed by atoms with E-state index in [0.717, 1.165) is 5.56 Å². The SMILES string of the molecule is CC[C@H](N)C(=O)O[C@H]1CN[C@H](C(=O)N2CCN(C(=O)c3ccc(Nc4nccn5c(-c6ccc(OC)c(F)c6F)cnc45)cc3C)CC2)C1. The summed E-state index contributed by atoms with van der Waals surface area (Å²) in [5, 5.41) is 6.36. The number of ether oxygens (including phenoxy) is 2. The van der Waals surface area contributed by atoms with Crippen molar-refractivity contribution in [3.05, 3.63) is 71.7 Å². The van der Waals surface area contributed by atoms with Crippen LogP contribution < -0.4 is 21.1 Å². The minimum absolute atomic E-state index is 0.0198. The van der Waals surface area contributed by atoms with Crippen molar-refractivity contribution in [3.8, 4) is 17.0 Å². The van der Waals surface area contributed by atoms with E-state index in [-0.39, 0.29) is 23.1 Å². The first-order valence-corrected chi connectivity index (χ1v) is 16.1. The summed E-state index contributed by atoms with van der Waals surface area (Å²) in [7, 11) is 1.27. The van der Waals surface area contributed by atoms with Crippen molar-refractivity contribution in [1.82, 2.24) is 29.5 Å². The molecule has 2 saturated heterocycles. The molecular formula is C34H38F2N8O5. The zero-order chi connectivity index (χ0) is 34.8. The van der Waals surface area contributed by atoms with Gasteiger partial charge >= 0.3 is 5.97 Å².